The fourth-order valence-corrected chi connectivity index (χ4v) is 9.10. The second-order valence-electron chi connectivity index (χ2n) is 14.9. The summed E-state index contributed by atoms with van der Waals surface area (Å²) in [5, 5.41) is 7.20. The summed E-state index contributed by atoms with van der Waals surface area (Å²) >= 11 is 0. The number of hydrogen-bond acceptors (Lipinski definition) is 1. The molecule has 266 valence electrons. The van der Waals surface area contributed by atoms with Crippen molar-refractivity contribution in [3.05, 3.63) is 206 Å². The van der Waals surface area contributed by atoms with Gasteiger partial charge in [0.15, 0.2) is 0 Å². The van der Waals surface area contributed by atoms with E-state index in [4.69, 9.17) is 4.42 Å². The Balaban J connectivity index is 1.11. The standard InChI is InChI=1S/C54H34N2O/c1-3-14-40(15-4-1)55-50-24-11-8-19-44(50)48-33-35(27-29-51(48)55)37-30-38(32-39(31-37)42-21-13-22-47-46-20-9-12-25-53(46)57-54(42)47)36-26-28-45-43-18-7-10-23-49(43)56(52(45)34-36)41-16-5-2-6-17-41/h1-34H. The molecule has 12 rings (SSSR count). The van der Waals surface area contributed by atoms with E-state index in [9.17, 15) is 0 Å². The van der Waals surface area contributed by atoms with Crippen molar-refractivity contribution in [3.63, 3.8) is 0 Å². The summed E-state index contributed by atoms with van der Waals surface area (Å²) in [6, 6.07) is 74.5. The summed E-state index contributed by atoms with van der Waals surface area (Å²) < 4.78 is 11.4. The predicted molar refractivity (Wildman–Crippen MR) is 239 cm³/mol. The molecule has 3 heterocycles. The third kappa shape index (κ3) is 4.92. The van der Waals surface area contributed by atoms with Crippen LogP contribution in [-0.2, 0) is 0 Å². The monoisotopic (exact) mass is 726 g/mol. The Morgan fingerprint density at radius 1 is 0.281 bits per heavy atom. The van der Waals surface area contributed by atoms with Crippen molar-refractivity contribution < 1.29 is 4.42 Å². The third-order valence-electron chi connectivity index (χ3n) is 11.7. The van der Waals surface area contributed by atoms with Crippen molar-refractivity contribution in [2.75, 3.05) is 0 Å². The highest BCUT2D eigenvalue weighted by Gasteiger charge is 2.18. The van der Waals surface area contributed by atoms with Crippen LogP contribution < -0.4 is 0 Å². The first-order chi connectivity index (χ1) is 28.3. The number of furan rings is 1. The maximum atomic E-state index is 6.63. The van der Waals surface area contributed by atoms with Crippen LogP contribution in [-0.4, -0.2) is 9.13 Å². The molecule has 0 saturated heterocycles. The molecule has 3 nitrogen and oxygen atoms in total. The first-order valence-electron chi connectivity index (χ1n) is 19.5. The van der Waals surface area contributed by atoms with Crippen molar-refractivity contribution >= 4 is 65.6 Å². The zero-order valence-electron chi connectivity index (χ0n) is 30.9. The Bertz CT molecular complexity index is 3510. The lowest BCUT2D eigenvalue weighted by molar-refractivity contribution is 0.670. The minimum Gasteiger partial charge on any atom is -0.455 e. The van der Waals surface area contributed by atoms with Gasteiger partial charge in [0, 0.05) is 49.3 Å². The van der Waals surface area contributed by atoms with E-state index < -0.39 is 0 Å². The van der Waals surface area contributed by atoms with Crippen molar-refractivity contribution in [1.29, 1.82) is 0 Å². The first-order valence-corrected chi connectivity index (χ1v) is 19.5. The molecular weight excluding hydrogens is 693 g/mol. The molecule has 0 aliphatic rings. The number of nitrogens with zero attached hydrogens (tertiary/aromatic N) is 2. The lowest BCUT2D eigenvalue weighted by Gasteiger charge is -2.13. The topological polar surface area (TPSA) is 23.0 Å². The zero-order chi connectivity index (χ0) is 37.5. The molecule has 0 bridgehead atoms. The molecule has 0 saturated carbocycles. The van der Waals surface area contributed by atoms with Crippen LogP contribution in [0.2, 0.25) is 0 Å². The van der Waals surface area contributed by atoms with Gasteiger partial charge in [-0.05, 0) is 107 Å². The third-order valence-corrected chi connectivity index (χ3v) is 11.7. The maximum Gasteiger partial charge on any atom is 0.143 e. The minimum absolute atomic E-state index is 0.899. The fraction of sp³-hybridized carbons (Fsp3) is 0. The maximum absolute atomic E-state index is 6.63. The SMILES string of the molecule is c1ccc(-n2c3ccccc3c3cc(-c4cc(-c5ccc6c7ccccc7n(-c7ccccc7)c6c5)cc(-c5cccc6c5oc5ccccc56)c4)ccc32)cc1. The highest BCUT2D eigenvalue weighted by Crippen LogP contribution is 2.42. The number of aromatic nitrogens is 2. The Labute approximate surface area is 328 Å². The van der Waals surface area contributed by atoms with Crippen LogP contribution in [0.25, 0.3) is 110 Å². The molecular formula is C54H34N2O. The van der Waals surface area contributed by atoms with Crippen molar-refractivity contribution in [2.24, 2.45) is 0 Å². The molecule has 3 heteroatoms. The summed E-state index contributed by atoms with van der Waals surface area (Å²) in [5.74, 6) is 0. The molecule has 0 N–H and O–H groups in total. The van der Waals surface area contributed by atoms with Crippen molar-refractivity contribution in [1.82, 2.24) is 9.13 Å². The molecule has 0 fully saturated rings. The minimum atomic E-state index is 0.899. The van der Waals surface area contributed by atoms with E-state index in [1.54, 1.807) is 0 Å². The van der Waals surface area contributed by atoms with Gasteiger partial charge in [0.1, 0.15) is 11.2 Å². The number of hydrogen-bond donors (Lipinski definition) is 0. The lowest BCUT2D eigenvalue weighted by atomic mass is 9.92. The number of para-hydroxylation sites is 6. The van der Waals surface area contributed by atoms with Gasteiger partial charge in [0.25, 0.3) is 0 Å². The van der Waals surface area contributed by atoms with E-state index in [1.807, 2.05) is 6.07 Å². The van der Waals surface area contributed by atoms with Crippen molar-refractivity contribution in [3.8, 4) is 44.8 Å². The van der Waals surface area contributed by atoms with Gasteiger partial charge >= 0.3 is 0 Å². The van der Waals surface area contributed by atoms with E-state index in [1.165, 1.54) is 43.6 Å². The van der Waals surface area contributed by atoms with Gasteiger partial charge < -0.3 is 13.6 Å². The van der Waals surface area contributed by atoms with E-state index in [0.29, 0.717) is 0 Å². The quantitative estimate of drug-likeness (QED) is 0.173. The van der Waals surface area contributed by atoms with Crippen LogP contribution >= 0.6 is 0 Å². The molecule has 12 aromatic rings. The highest BCUT2D eigenvalue weighted by atomic mass is 16.3. The average molecular weight is 727 g/mol. The summed E-state index contributed by atoms with van der Waals surface area (Å²) in [5.41, 5.74) is 15.7. The number of rotatable bonds is 5. The van der Waals surface area contributed by atoms with Gasteiger partial charge in [-0.2, -0.15) is 0 Å². The van der Waals surface area contributed by atoms with E-state index in [2.05, 4.69) is 209 Å². The van der Waals surface area contributed by atoms with Gasteiger partial charge in [0.2, 0.25) is 0 Å². The summed E-state index contributed by atoms with van der Waals surface area (Å²) in [7, 11) is 0. The largest absolute Gasteiger partial charge is 0.455 e. The van der Waals surface area contributed by atoms with Crippen LogP contribution in [0.4, 0.5) is 0 Å². The van der Waals surface area contributed by atoms with Crippen LogP contribution in [0, 0.1) is 0 Å². The van der Waals surface area contributed by atoms with Gasteiger partial charge in [-0.15, -0.1) is 0 Å². The van der Waals surface area contributed by atoms with Crippen LogP contribution in [0.3, 0.4) is 0 Å². The lowest BCUT2D eigenvalue weighted by Crippen LogP contribution is -1.93. The smallest absolute Gasteiger partial charge is 0.143 e. The zero-order valence-corrected chi connectivity index (χ0v) is 30.9. The normalized spacial score (nSPS) is 11.9. The molecule has 0 unspecified atom stereocenters. The van der Waals surface area contributed by atoms with Gasteiger partial charge in [-0.3, -0.25) is 0 Å². The second-order valence-corrected chi connectivity index (χ2v) is 14.9. The average Bonchev–Trinajstić information content (AvgIpc) is 3.94. The Morgan fingerprint density at radius 2 is 0.789 bits per heavy atom. The summed E-state index contributed by atoms with van der Waals surface area (Å²) in [4.78, 5) is 0. The molecule has 9 aromatic carbocycles. The van der Waals surface area contributed by atoms with Gasteiger partial charge in [0.05, 0.1) is 22.1 Å². The van der Waals surface area contributed by atoms with Crippen molar-refractivity contribution in [2.45, 2.75) is 0 Å². The molecule has 0 aliphatic carbocycles. The molecule has 3 aromatic heterocycles. The molecule has 0 atom stereocenters. The Hall–Kier alpha value is -7.62. The van der Waals surface area contributed by atoms with Crippen LogP contribution in [0.15, 0.2) is 211 Å². The fourth-order valence-electron chi connectivity index (χ4n) is 9.10. The van der Waals surface area contributed by atoms with E-state index in [-0.39, 0.29) is 0 Å². The Kier molecular flexibility index (Phi) is 6.93. The molecule has 0 radical (unpaired) electrons. The summed E-state index contributed by atoms with van der Waals surface area (Å²) in [6.45, 7) is 0. The van der Waals surface area contributed by atoms with E-state index in [0.717, 1.165) is 66.7 Å². The van der Waals surface area contributed by atoms with Crippen LogP contribution in [0.1, 0.15) is 0 Å². The number of benzene rings is 9. The molecule has 0 aliphatic heterocycles. The Morgan fingerprint density at radius 3 is 1.51 bits per heavy atom. The number of fused-ring (bicyclic) bond motifs is 9. The molecule has 0 amide bonds. The van der Waals surface area contributed by atoms with Crippen LogP contribution in [0.5, 0.6) is 0 Å². The first kappa shape index (κ1) is 31.7. The summed E-state index contributed by atoms with van der Waals surface area (Å²) in [6.07, 6.45) is 0. The van der Waals surface area contributed by atoms with Gasteiger partial charge in [-0.1, -0.05) is 127 Å². The predicted octanol–water partition coefficient (Wildman–Crippen LogP) is 14.8. The van der Waals surface area contributed by atoms with E-state index >= 15 is 0 Å². The highest BCUT2D eigenvalue weighted by molar-refractivity contribution is 6.13. The van der Waals surface area contributed by atoms with Gasteiger partial charge in [-0.25, -0.2) is 0 Å². The molecule has 57 heavy (non-hydrogen) atoms. The molecule has 0 spiro atoms. The second kappa shape index (κ2) is 12.5.